The first-order valence-corrected chi connectivity index (χ1v) is 4.19. The molecule has 0 bridgehead atoms. The van der Waals surface area contributed by atoms with Crippen LogP contribution in [0.25, 0.3) is 0 Å². The van der Waals surface area contributed by atoms with Crippen LogP contribution in [0.4, 0.5) is 10.2 Å². The van der Waals surface area contributed by atoms with Crippen molar-refractivity contribution in [2.24, 2.45) is 5.84 Å². The summed E-state index contributed by atoms with van der Waals surface area (Å²) < 4.78 is 13.2. The largest absolute Gasteiger partial charge is 0.306 e. The molecule has 0 spiro atoms. The number of anilines is 1. The number of nitrogen functional groups attached to an aromatic ring is 1. The molecule has 1 aromatic rings. The molecule has 3 N–H and O–H groups in total. The van der Waals surface area contributed by atoms with Crippen molar-refractivity contribution in [1.82, 2.24) is 14.9 Å². The first-order valence-electron chi connectivity index (χ1n) is 4.19. The van der Waals surface area contributed by atoms with Gasteiger partial charge in [0.1, 0.15) is 5.82 Å². The Labute approximate surface area is 82.1 Å². The Hall–Kier alpha value is -1.27. The van der Waals surface area contributed by atoms with Crippen molar-refractivity contribution in [3.63, 3.8) is 0 Å². The topological polar surface area (TPSA) is 67.1 Å². The smallest absolute Gasteiger partial charge is 0.187 e. The van der Waals surface area contributed by atoms with Gasteiger partial charge in [0.05, 0.1) is 12.2 Å². The predicted octanol–water partition coefficient (Wildman–Crippen LogP) is 0.271. The molecular weight excluding hydrogens is 185 g/mol. The fourth-order valence-corrected chi connectivity index (χ4v) is 1.07. The number of nitrogens with two attached hydrogens (primary N) is 1. The number of hydrogen-bond donors (Lipinski definition) is 2. The second kappa shape index (κ2) is 4.30. The van der Waals surface area contributed by atoms with Crippen LogP contribution in [0, 0.1) is 12.7 Å². The zero-order valence-corrected chi connectivity index (χ0v) is 8.50. The van der Waals surface area contributed by atoms with E-state index in [1.165, 1.54) is 0 Å². The summed E-state index contributed by atoms with van der Waals surface area (Å²) >= 11 is 0. The maximum atomic E-state index is 13.2. The van der Waals surface area contributed by atoms with E-state index < -0.39 is 5.82 Å². The number of hydrogen-bond acceptors (Lipinski definition) is 5. The Morgan fingerprint density at radius 2 is 2.07 bits per heavy atom. The van der Waals surface area contributed by atoms with Gasteiger partial charge >= 0.3 is 0 Å². The highest BCUT2D eigenvalue weighted by Crippen LogP contribution is 2.12. The molecule has 0 unspecified atom stereocenters. The number of nitrogens with one attached hydrogen (secondary N) is 1. The minimum Gasteiger partial charge on any atom is -0.306 e. The van der Waals surface area contributed by atoms with Gasteiger partial charge in [-0.25, -0.2) is 20.2 Å². The first kappa shape index (κ1) is 10.8. The average molecular weight is 199 g/mol. The van der Waals surface area contributed by atoms with Crippen LogP contribution in [0.5, 0.6) is 0 Å². The number of nitrogens with zero attached hydrogens (tertiary/aromatic N) is 3. The molecule has 1 rings (SSSR count). The van der Waals surface area contributed by atoms with Gasteiger partial charge in [-0.15, -0.1) is 0 Å². The van der Waals surface area contributed by atoms with Crippen LogP contribution >= 0.6 is 0 Å². The fourth-order valence-electron chi connectivity index (χ4n) is 1.07. The van der Waals surface area contributed by atoms with E-state index in [2.05, 4.69) is 15.4 Å². The Bertz CT molecular complexity index is 326. The monoisotopic (exact) mass is 199 g/mol. The molecule has 6 heteroatoms. The third kappa shape index (κ3) is 2.36. The molecule has 0 aliphatic heterocycles. The SMILES string of the molecule is Cc1nc(CN(C)C)nc(NN)c1F. The molecule has 0 fully saturated rings. The molecule has 78 valence electrons. The molecule has 14 heavy (non-hydrogen) atoms. The van der Waals surface area contributed by atoms with E-state index in [4.69, 9.17) is 5.84 Å². The summed E-state index contributed by atoms with van der Waals surface area (Å²) in [5.74, 6) is 5.20. The summed E-state index contributed by atoms with van der Waals surface area (Å²) in [5.41, 5.74) is 2.50. The first-order chi connectivity index (χ1) is 6.54. The van der Waals surface area contributed by atoms with E-state index >= 15 is 0 Å². The normalized spacial score (nSPS) is 10.7. The molecule has 0 saturated carbocycles. The Balaban J connectivity index is 3.03. The van der Waals surface area contributed by atoms with E-state index in [0.29, 0.717) is 18.1 Å². The summed E-state index contributed by atoms with van der Waals surface area (Å²) in [6.07, 6.45) is 0. The van der Waals surface area contributed by atoms with E-state index in [9.17, 15) is 4.39 Å². The summed E-state index contributed by atoms with van der Waals surface area (Å²) in [4.78, 5) is 9.82. The molecule has 1 heterocycles. The van der Waals surface area contributed by atoms with E-state index in [1.54, 1.807) is 6.92 Å². The third-order valence-corrected chi connectivity index (χ3v) is 1.66. The predicted molar refractivity (Wildman–Crippen MR) is 51.9 cm³/mol. The number of hydrazine groups is 1. The average Bonchev–Trinajstić information content (AvgIpc) is 2.10. The van der Waals surface area contributed by atoms with E-state index in [1.807, 2.05) is 19.0 Å². The summed E-state index contributed by atoms with van der Waals surface area (Å²) in [7, 11) is 3.77. The molecule has 5 nitrogen and oxygen atoms in total. The van der Waals surface area contributed by atoms with Crippen molar-refractivity contribution in [2.45, 2.75) is 13.5 Å². The van der Waals surface area contributed by atoms with Crippen molar-refractivity contribution >= 4 is 5.82 Å². The molecule has 0 aromatic carbocycles. The molecule has 0 atom stereocenters. The van der Waals surface area contributed by atoms with Gasteiger partial charge in [-0.05, 0) is 21.0 Å². The van der Waals surface area contributed by atoms with Crippen molar-refractivity contribution < 1.29 is 4.39 Å². The summed E-state index contributed by atoms with van der Waals surface area (Å²) in [6, 6.07) is 0. The van der Waals surface area contributed by atoms with Gasteiger partial charge in [-0.3, -0.25) is 0 Å². The zero-order chi connectivity index (χ0) is 10.7. The lowest BCUT2D eigenvalue weighted by Crippen LogP contribution is -2.18. The van der Waals surface area contributed by atoms with Crippen LogP contribution in [0.3, 0.4) is 0 Å². The number of halogens is 1. The highest BCUT2D eigenvalue weighted by atomic mass is 19.1. The van der Waals surface area contributed by atoms with Crippen molar-refractivity contribution in [3.8, 4) is 0 Å². The molecule has 0 aliphatic carbocycles. The molecule has 0 saturated heterocycles. The van der Waals surface area contributed by atoms with Crippen LogP contribution in [0.2, 0.25) is 0 Å². The highest BCUT2D eigenvalue weighted by Gasteiger charge is 2.10. The maximum Gasteiger partial charge on any atom is 0.187 e. The zero-order valence-electron chi connectivity index (χ0n) is 8.50. The van der Waals surface area contributed by atoms with Crippen LogP contribution < -0.4 is 11.3 Å². The number of aromatic nitrogens is 2. The lowest BCUT2D eigenvalue weighted by atomic mass is 10.4. The van der Waals surface area contributed by atoms with Gasteiger partial charge in [-0.2, -0.15) is 0 Å². The summed E-state index contributed by atoms with van der Waals surface area (Å²) in [5, 5.41) is 0. The fraction of sp³-hybridized carbons (Fsp3) is 0.500. The van der Waals surface area contributed by atoms with Crippen molar-refractivity contribution in [3.05, 3.63) is 17.3 Å². The Morgan fingerprint density at radius 3 is 2.57 bits per heavy atom. The van der Waals surface area contributed by atoms with Gasteiger partial charge in [-0.1, -0.05) is 0 Å². The third-order valence-electron chi connectivity index (χ3n) is 1.66. The Kier molecular flexibility index (Phi) is 3.32. The molecule has 0 amide bonds. The van der Waals surface area contributed by atoms with E-state index in [-0.39, 0.29) is 5.82 Å². The minimum atomic E-state index is -0.505. The van der Waals surface area contributed by atoms with Crippen LogP contribution in [-0.2, 0) is 6.54 Å². The Morgan fingerprint density at radius 1 is 1.43 bits per heavy atom. The standard InChI is InChI=1S/C8H14FN5/c1-5-7(9)8(13-10)12-6(11-5)4-14(2)3/h4,10H2,1-3H3,(H,11,12,13). The number of aryl methyl sites for hydroxylation is 1. The van der Waals surface area contributed by atoms with Crippen molar-refractivity contribution in [2.75, 3.05) is 19.5 Å². The van der Waals surface area contributed by atoms with Gasteiger partial charge < -0.3 is 10.3 Å². The molecule has 0 aliphatic rings. The van der Waals surface area contributed by atoms with Crippen molar-refractivity contribution in [1.29, 1.82) is 0 Å². The van der Waals surface area contributed by atoms with Crippen LogP contribution in [0.15, 0.2) is 0 Å². The second-order valence-corrected chi connectivity index (χ2v) is 3.27. The van der Waals surface area contributed by atoms with Gasteiger partial charge in [0.2, 0.25) is 0 Å². The second-order valence-electron chi connectivity index (χ2n) is 3.27. The van der Waals surface area contributed by atoms with Gasteiger partial charge in [0, 0.05) is 0 Å². The molecular formula is C8H14FN5. The lowest BCUT2D eigenvalue weighted by Gasteiger charge is -2.10. The molecule has 0 radical (unpaired) electrons. The van der Waals surface area contributed by atoms with Crippen LogP contribution in [0.1, 0.15) is 11.5 Å². The van der Waals surface area contributed by atoms with E-state index in [0.717, 1.165) is 0 Å². The molecule has 1 aromatic heterocycles. The highest BCUT2D eigenvalue weighted by molar-refractivity contribution is 5.36. The minimum absolute atomic E-state index is 0.0364. The van der Waals surface area contributed by atoms with Gasteiger partial charge in [0.25, 0.3) is 0 Å². The quantitative estimate of drug-likeness (QED) is 0.540. The lowest BCUT2D eigenvalue weighted by molar-refractivity contribution is 0.388. The van der Waals surface area contributed by atoms with Crippen LogP contribution in [-0.4, -0.2) is 29.0 Å². The van der Waals surface area contributed by atoms with Gasteiger partial charge in [0.15, 0.2) is 11.6 Å². The summed E-state index contributed by atoms with van der Waals surface area (Å²) in [6.45, 7) is 2.13. The maximum absolute atomic E-state index is 13.2. The number of rotatable bonds is 3.